The lowest BCUT2D eigenvalue weighted by Crippen LogP contribution is -2.31. The van der Waals surface area contributed by atoms with Crippen molar-refractivity contribution in [3.8, 4) is 5.75 Å². The van der Waals surface area contributed by atoms with Crippen molar-refractivity contribution in [2.75, 3.05) is 7.11 Å². The molecule has 0 aliphatic heterocycles. The number of methoxy groups -OCH3 is 1. The lowest BCUT2D eigenvalue weighted by molar-refractivity contribution is 0.141. The smallest absolute Gasteiger partial charge is 0.123 e. The predicted molar refractivity (Wildman–Crippen MR) is 60.9 cm³/mol. The summed E-state index contributed by atoms with van der Waals surface area (Å²) in [6, 6.07) is 4.08. The van der Waals surface area contributed by atoms with Gasteiger partial charge in [-0.25, -0.2) is 4.39 Å². The van der Waals surface area contributed by atoms with Crippen LogP contribution in [0.2, 0.25) is 0 Å². The monoisotopic (exact) mass is 227 g/mol. The normalized spacial score (nSPS) is 14.6. The summed E-state index contributed by atoms with van der Waals surface area (Å²) in [6.45, 7) is 1.74. The van der Waals surface area contributed by atoms with Gasteiger partial charge < -0.3 is 15.6 Å². The quantitative estimate of drug-likeness (QED) is 0.801. The minimum atomic E-state index is -0.576. The molecule has 2 atom stereocenters. The van der Waals surface area contributed by atoms with Crippen LogP contribution in [0.25, 0.3) is 0 Å². The average Bonchev–Trinajstić information content (AvgIpc) is 2.25. The fourth-order valence-corrected chi connectivity index (χ4v) is 1.51. The highest BCUT2D eigenvalue weighted by molar-refractivity contribution is 5.34. The van der Waals surface area contributed by atoms with Crippen LogP contribution in [0.15, 0.2) is 18.2 Å². The van der Waals surface area contributed by atoms with E-state index in [0.29, 0.717) is 18.6 Å². The van der Waals surface area contributed by atoms with Crippen LogP contribution in [0, 0.1) is 5.82 Å². The summed E-state index contributed by atoms with van der Waals surface area (Å²) in [5, 5.41) is 9.56. The molecule has 1 aromatic carbocycles. The zero-order valence-corrected chi connectivity index (χ0v) is 9.61. The second-order valence-electron chi connectivity index (χ2n) is 3.92. The molecule has 0 aromatic heterocycles. The van der Waals surface area contributed by atoms with E-state index in [9.17, 15) is 9.50 Å². The Balaban J connectivity index is 2.68. The molecule has 0 saturated carbocycles. The van der Waals surface area contributed by atoms with Gasteiger partial charge in [0.2, 0.25) is 0 Å². The molecule has 3 nitrogen and oxygen atoms in total. The molecule has 4 heteroatoms. The number of hydrogen-bond acceptors (Lipinski definition) is 3. The summed E-state index contributed by atoms with van der Waals surface area (Å²) in [4.78, 5) is 0. The first kappa shape index (κ1) is 12.9. The van der Waals surface area contributed by atoms with Crippen LogP contribution >= 0.6 is 0 Å². The van der Waals surface area contributed by atoms with Crippen molar-refractivity contribution < 1.29 is 14.2 Å². The average molecular weight is 227 g/mol. The minimum Gasteiger partial charge on any atom is -0.496 e. The molecular formula is C12H18FNO2. The van der Waals surface area contributed by atoms with Crippen molar-refractivity contribution in [2.24, 2.45) is 5.73 Å². The van der Waals surface area contributed by atoms with E-state index < -0.39 is 6.10 Å². The molecule has 2 unspecified atom stereocenters. The number of aryl methyl sites for hydroxylation is 1. The highest BCUT2D eigenvalue weighted by Crippen LogP contribution is 2.21. The summed E-state index contributed by atoms with van der Waals surface area (Å²) < 4.78 is 18.1. The van der Waals surface area contributed by atoms with E-state index in [-0.39, 0.29) is 11.9 Å². The number of rotatable bonds is 5. The Labute approximate surface area is 95.0 Å². The topological polar surface area (TPSA) is 55.5 Å². The number of benzene rings is 1. The first-order valence-electron chi connectivity index (χ1n) is 5.30. The molecule has 0 saturated heterocycles. The number of aliphatic hydroxyl groups excluding tert-OH is 1. The van der Waals surface area contributed by atoms with Gasteiger partial charge in [-0.1, -0.05) is 0 Å². The van der Waals surface area contributed by atoms with Crippen LogP contribution in [0.5, 0.6) is 5.75 Å². The van der Waals surface area contributed by atoms with Crippen LogP contribution in [-0.2, 0) is 6.42 Å². The molecule has 1 aromatic rings. The fraction of sp³-hybridized carbons (Fsp3) is 0.500. The van der Waals surface area contributed by atoms with Crippen LogP contribution in [0.3, 0.4) is 0 Å². The van der Waals surface area contributed by atoms with E-state index in [1.54, 1.807) is 20.1 Å². The maximum atomic E-state index is 13.0. The van der Waals surface area contributed by atoms with Gasteiger partial charge in [0.25, 0.3) is 0 Å². The Hall–Kier alpha value is -1.13. The second kappa shape index (κ2) is 5.82. The summed E-state index contributed by atoms with van der Waals surface area (Å²) >= 11 is 0. The molecule has 0 radical (unpaired) electrons. The van der Waals surface area contributed by atoms with E-state index in [1.807, 2.05) is 0 Å². The number of aliphatic hydroxyl groups is 1. The Morgan fingerprint density at radius 3 is 2.75 bits per heavy atom. The van der Waals surface area contributed by atoms with Gasteiger partial charge in [0, 0.05) is 6.04 Å². The zero-order chi connectivity index (χ0) is 12.1. The zero-order valence-electron chi connectivity index (χ0n) is 9.61. The van der Waals surface area contributed by atoms with Gasteiger partial charge in [0.05, 0.1) is 13.2 Å². The second-order valence-corrected chi connectivity index (χ2v) is 3.92. The molecule has 16 heavy (non-hydrogen) atoms. The number of ether oxygens (including phenoxy) is 1. The number of hydrogen-bond donors (Lipinski definition) is 2. The van der Waals surface area contributed by atoms with Gasteiger partial charge in [0.1, 0.15) is 11.6 Å². The van der Waals surface area contributed by atoms with Gasteiger partial charge >= 0.3 is 0 Å². The first-order valence-corrected chi connectivity index (χ1v) is 5.30. The predicted octanol–water partition coefficient (Wildman–Crippen LogP) is 1.47. The molecule has 0 aliphatic carbocycles. The molecule has 0 spiro atoms. The van der Waals surface area contributed by atoms with Crippen LogP contribution < -0.4 is 10.5 Å². The van der Waals surface area contributed by atoms with E-state index >= 15 is 0 Å². The van der Waals surface area contributed by atoms with Gasteiger partial charge in [0.15, 0.2) is 0 Å². The third-order valence-corrected chi connectivity index (χ3v) is 2.56. The largest absolute Gasteiger partial charge is 0.496 e. The lowest BCUT2D eigenvalue weighted by Gasteiger charge is -2.15. The summed E-state index contributed by atoms with van der Waals surface area (Å²) in [6.07, 6.45) is 0.467. The van der Waals surface area contributed by atoms with Crippen LogP contribution in [0.1, 0.15) is 18.9 Å². The van der Waals surface area contributed by atoms with Gasteiger partial charge in [-0.05, 0) is 43.5 Å². The van der Waals surface area contributed by atoms with Crippen molar-refractivity contribution in [3.63, 3.8) is 0 Å². The molecule has 0 bridgehead atoms. The Morgan fingerprint density at radius 1 is 1.50 bits per heavy atom. The highest BCUT2D eigenvalue weighted by atomic mass is 19.1. The summed E-state index contributed by atoms with van der Waals surface area (Å²) in [5.41, 5.74) is 6.30. The van der Waals surface area contributed by atoms with Crippen molar-refractivity contribution in [2.45, 2.75) is 31.9 Å². The van der Waals surface area contributed by atoms with Crippen molar-refractivity contribution in [3.05, 3.63) is 29.6 Å². The molecule has 1 rings (SSSR count). The molecule has 3 N–H and O–H groups in total. The minimum absolute atomic E-state index is 0.278. The summed E-state index contributed by atoms with van der Waals surface area (Å²) in [7, 11) is 1.54. The van der Waals surface area contributed by atoms with E-state index in [1.165, 1.54) is 12.1 Å². The maximum Gasteiger partial charge on any atom is 0.123 e. The van der Waals surface area contributed by atoms with Gasteiger partial charge in [-0.3, -0.25) is 0 Å². The van der Waals surface area contributed by atoms with Gasteiger partial charge in [-0.2, -0.15) is 0 Å². The third-order valence-electron chi connectivity index (χ3n) is 2.56. The maximum absolute atomic E-state index is 13.0. The van der Waals surface area contributed by atoms with Crippen molar-refractivity contribution in [1.29, 1.82) is 0 Å². The van der Waals surface area contributed by atoms with E-state index in [0.717, 1.165) is 5.56 Å². The fourth-order valence-electron chi connectivity index (χ4n) is 1.51. The Morgan fingerprint density at radius 2 is 2.19 bits per heavy atom. The molecule has 0 heterocycles. The Bertz CT molecular complexity index is 342. The molecule has 90 valence electrons. The van der Waals surface area contributed by atoms with E-state index in [2.05, 4.69) is 0 Å². The van der Waals surface area contributed by atoms with Crippen molar-refractivity contribution in [1.82, 2.24) is 0 Å². The molecule has 0 aliphatic rings. The van der Waals surface area contributed by atoms with Crippen molar-refractivity contribution >= 4 is 0 Å². The Kier molecular flexibility index (Phi) is 4.71. The summed E-state index contributed by atoms with van der Waals surface area (Å²) in [5.74, 6) is 0.337. The van der Waals surface area contributed by atoms with E-state index in [4.69, 9.17) is 10.5 Å². The van der Waals surface area contributed by atoms with Gasteiger partial charge in [-0.15, -0.1) is 0 Å². The number of nitrogens with two attached hydrogens (primary N) is 1. The lowest BCUT2D eigenvalue weighted by atomic mass is 10.0. The highest BCUT2D eigenvalue weighted by Gasteiger charge is 2.11. The SMILES string of the molecule is COc1ccc(F)cc1CCC(O)C(C)N. The standard InChI is InChI=1S/C12H18FNO2/c1-8(14)11(15)5-3-9-7-10(13)4-6-12(9)16-2/h4,6-8,11,15H,3,5,14H2,1-2H3. The molecular weight excluding hydrogens is 209 g/mol. The molecule has 0 fully saturated rings. The third kappa shape index (κ3) is 3.47. The number of halogens is 1. The van der Waals surface area contributed by atoms with Crippen LogP contribution in [0.4, 0.5) is 4.39 Å². The van der Waals surface area contributed by atoms with Crippen LogP contribution in [-0.4, -0.2) is 24.4 Å². The first-order chi connectivity index (χ1) is 7.54. The molecule has 0 amide bonds.